The maximum absolute atomic E-state index is 5.35. The smallest absolute Gasteiger partial charge is 0.240 e. The van der Waals surface area contributed by atoms with Crippen LogP contribution in [0.5, 0.6) is 0 Å². The van der Waals surface area contributed by atoms with Gasteiger partial charge in [0.25, 0.3) is 0 Å². The number of ether oxygens (including phenoxy) is 1. The van der Waals surface area contributed by atoms with E-state index in [2.05, 4.69) is 37.2 Å². The third-order valence-corrected chi connectivity index (χ3v) is 4.55. The Balaban J connectivity index is 1.57. The molecule has 0 radical (unpaired) electrons. The van der Waals surface area contributed by atoms with Gasteiger partial charge in [0.15, 0.2) is 11.6 Å². The Morgan fingerprint density at radius 2 is 2.24 bits per heavy atom. The van der Waals surface area contributed by atoms with Crippen LogP contribution in [0.15, 0.2) is 16.7 Å². The predicted molar refractivity (Wildman–Crippen MR) is 93.3 cm³/mol. The molecular formula is C17H26N6O2. The highest BCUT2D eigenvalue weighted by molar-refractivity contribution is 5.38. The minimum absolute atomic E-state index is 0.422. The Morgan fingerprint density at radius 3 is 3.00 bits per heavy atom. The molecule has 3 heterocycles. The molecule has 0 saturated carbocycles. The number of hydrogen-bond donors (Lipinski definition) is 0. The van der Waals surface area contributed by atoms with Gasteiger partial charge in [-0.15, -0.1) is 5.10 Å². The lowest BCUT2D eigenvalue weighted by molar-refractivity contribution is 0.183. The molecule has 1 fully saturated rings. The second kappa shape index (κ2) is 8.35. The first-order valence-electron chi connectivity index (χ1n) is 8.71. The molecule has 1 aliphatic heterocycles. The summed E-state index contributed by atoms with van der Waals surface area (Å²) < 4.78 is 10.4. The molecule has 3 rings (SSSR count). The van der Waals surface area contributed by atoms with Gasteiger partial charge in [0.05, 0.1) is 18.8 Å². The zero-order valence-electron chi connectivity index (χ0n) is 15.2. The summed E-state index contributed by atoms with van der Waals surface area (Å²) in [5.74, 6) is 2.30. The highest BCUT2D eigenvalue weighted by Gasteiger charge is 2.25. The van der Waals surface area contributed by atoms with Crippen molar-refractivity contribution >= 4 is 5.82 Å². The van der Waals surface area contributed by atoms with Gasteiger partial charge in [0.1, 0.15) is 0 Å². The quantitative estimate of drug-likeness (QED) is 0.745. The lowest BCUT2D eigenvalue weighted by Crippen LogP contribution is -2.46. The van der Waals surface area contributed by atoms with E-state index in [4.69, 9.17) is 9.26 Å². The first kappa shape index (κ1) is 17.8. The zero-order valence-corrected chi connectivity index (χ0v) is 15.2. The number of anilines is 1. The molecular weight excluding hydrogens is 320 g/mol. The monoisotopic (exact) mass is 346 g/mol. The van der Waals surface area contributed by atoms with Crippen LogP contribution in [0.2, 0.25) is 0 Å². The van der Waals surface area contributed by atoms with Gasteiger partial charge in [-0.1, -0.05) is 5.16 Å². The van der Waals surface area contributed by atoms with Crippen LogP contribution in [0.3, 0.4) is 0 Å². The lowest BCUT2D eigenvalue weighted by Gasteiger charge is -2.37. The Hall–Kier alpha value is -2.06. The van der Waals surface area contributed by atoms with E-state index in [0.29, 0.717) is 37.3 Å². The molecule has 2 aromatic heterocycles. The van der Waals surface area contributed by atoms with Crippen molar-refractivity contribution in [2.24, 2.45) is 0 Å². The second-order valence-electron chi connectivity index (χ2n) is 6.54. The van der Waals surface area contributed by atoms with Crippen molar-refractivity contribution in [2.75, 3.05) is 38.8 Å². The molecule has 8 heteroatoms. The summed E-state index contributed by atoms with van der Waals surface area (Å²) in [7, 11) is 3.77. The highest BCUT2D eigenvalue weighted by atomic mass is 16.5. The van der Waals surface area contributed by atoms with Gasteiger partial charge in [-0.3, -0.25) is 4.90 Å². The zero-order chi connectivity index (χ0) is 17.6. The summed E-state index contributed by atoms with van der Waals surface area (Å²) in [5.41, 5.74) is 0.940. The number of aryl methyl sites for hydroxylation is 1. The molecule has 0 N–H and O–H groups in total. The van der Waals surface area contributed by atoms with E-state index in [1.165, 1.54) is 0 Å². The fourth-order valence-electron chi connectivity index (χ4n) is 3.07. The van der Waals surface area contributed by atoms with Gasteiger partial charge in [0.2, 0.25) is 5.89 Å². The minimum Gasteiger partial charge on any atom is -0.384 e. The molecule has 1 atom stereocenters. The minimum atomic E-state index is 0.422. The topological polar surface area (TPSA) is 80.4 Å². The van der Waals surface area contributed by atoms with Crippen molar-refractivity contribution in [3.8, 4) is 0 Å². The summed E-state index contributed by atoms with van der Waals surface area (Å²) >= 11 is 0. The van der Waals surface area contributed by atoms with Gasteiger partial charge < -0.3 is 14.2 Å². The van der Waals surface area contributed by atoms with Crippen molar-refractivity contribution in [3.63, 3.8) is 0 Å². The molecule has 136 valence electrons. The van der Waals surface area contributed by atoms with Gasteiger partial charge >= 0.3 is 0 Å². The number of likely N-dealkylation sites (N-methyl/N-ethyl adjacent to an activating group) is 1. The first-order valence-corrected chi connectivity index (χ1v) is 8.71. The molecule has 0 bridgehead atoms. The van der Waals surface area contributed by atoms with E-state index in [9.17, 15) is 0 Å². The third-order valence-electron chi connectivity index (χ3n) is 4.55. The molecule has 25 heavy (non-hydrogen) atoms. The Kier molecular flexibility index (Phi) is 5.93. The van der Waals surface area contributed by atoms with Crippen LogP contribution < -0.4 is 4.90 Å². The molecule has 0 spiro atoms. The number of hydrogen-bond acceptors (Lipinski definition) is 8. The molecule has 8 nitrogen and oxygen atoms in total. The molecule has 0 aromatic carbocycles. The molecule has 2 aromatic rings. The molecule has 1 saturated heterocycles. The number of aromatic nitrogens is 4. The van der Waals surface area contributed by atoms with Crippen molar-refractivity contribution < 1.29 is 9.26 Å². The lowest BCUT2D eigenvalue weighted by atomic mass is 10.0. The standard InChI is InChI=1S/C17H26N6O2/c1-13-6-7-16(20-19-13)23-9-4-5-14(11-23)22(2)12-17-18-15(21-25-17)8-10-24-3/h6-7,14H,4-5,8-12H2,1-3H3. The van der Waals surface area contributed by atoms with Gasteiger partial charge in [-0.05, 0) is 38.9 Å². The Bertz CT molecular complexity index is 659. The molecule has 1 aliphatic rings. The van der Waals surface area contributed by atoms with Crippen LogP contribution in [0, 0.1) is 6.92 Å². The molecule has 0 aliphatic carbocycles. The van der Waals surface area contributed by atoms with Gasteiger partial charge in [-0.25, -0.2) is 0 Å². The van der Waals surface area contributed by atoms with E-state index in [-0.39, 0.29) is 0 Å². The van der Waals surface area contributed by atoms with Crippen LogP contribution in [0.1, 0.15) is 30.3 Å². The second-order valence-corrected chi connectivity index (χ2v) is 6.54. The fourth-order valence-corrected chi connectivity index (χ4v) is 3.07. The first-order chi connectivity index (χ1) is 12.2. The summed E-state index contributed by atoms with van der Waals surface area (Å²) in [6, 6.07) is 4.48. The van der Waals surface area contributed by atoms with Gasteiger partial charge in [0, 0.05) is 32.7 Å². The molecule has 0 amide bonds. The van der Waals surface area contributed by atoms with Crippen molar-refractivity contribution in [1.29, 1.82) is 0 Å². The SMILES string of the molecule is COCCc1noc(CN(C)C2CCCN(c3ccc(C)nn3)C2)n1. The van der Waals surface area contributed by atoms with Crippen molar-refractivity contribution in [3.05, 3.63) is 29.5 Å². The fraction of sp³-hybridized carbons (Fsp3) is 0.647. The van der Waals surface area contributed by atoms with Crippen LogP contribution >= 0.6 is 0 Å². The van der Waals surface area contributed by atoms with E-state index >= 15 is 0 Å². The number of rotatable bonds is 7. The Labute approximate surface area is 148 Å². The normalized spacial score (nSPS) is 18.1. The van der Waals surface area contributed by atoms with Crippen LogP contribution in [-0.2, 0) is 17.7 Å². The van der Waals surface area contributed by atoms with Crippen LogP contribution in [0.25, 0.3) is 0 Å². The van der Waals surface area contributed by atoms with Crippen LogP contribution in [0.4, 0.5) is 5.82 Å². The average molecular weight is 346 g/mol. The summed E-state index contributed by atoms with van der Waals surface area (Å²) in [4.78, 5) is 9.01. The van der Waals surface area contributed by atoms with E-state index in [0.717, 1.165) is 37.4 Å². The maximum atomic E-state index is 5.35. The largest absolute Gasteiger partial charge is 0.384 e. The summed E-state index contributed by atoms with van der Waals surface area (Å²) in [5, 5.41) is 12.5. The van der Waals surface area contributed by atoms with E-state index in [1.807, 2.05) is 19.1 Å². The average Bonchev–Trinajstić information content (AvgIpc) is 3.08. The summed E-state index contributed by atoms with van der Waals surface area (Å²) in [6.45, 7) is 5.15. The van der Waals surface area contributed by atoms with Gasteiger partial charge in [-0.2, -0.15) is 10.1 Å². The molecule has 1 unspecified atom stereocenters. The third kappa shape index (κ3) is 4.73. The highest BCUT2D eigenvalue weighted by Crippen LogP contribution is 2.21. The summed E-state index contributed by atoms with van der Waals surface area (Å²) in [6.07, 6.45) is 2.96. The maximum Gasteiger partial charge on any atom is 0.240 e. The van der Waals surface area contributed by atoms with Crippen molar-refractivity contribution in [2.45, 2.75) is 38.8 Å². The Morgan fingerprint density at radius 1 is 1.36 bits per heavy atom. The number of methoxy groups -OCH3 is 1. The van der Waals surface area contributed by atoms with Crippen molar-refractivity contribution in [1.82, 2.24) is 25.2 Å². The predicted octanol–water partition coefficient (Wildman–Crippen LogP) is 1.46. The van der Waals surface area contributed by atoms with Crippen LogP contribution in [-0.4, -0.2) is 65.1 Å². The number of piperidine rings is 1. The van der Waals surface area contributed by atoms with E-state index in [1.54, 1.807) is 7.11 Å². The van der Waals surface area contributed by atoms with E-state index < -0.39 is 0 Å². The number of nitrogens with zero attached hydrogens (tertiary/aromatic N) is 6.